The molecule has 0 heterocycles. The van der Waals surface area contributed by atoms with Gasteiger partial charge in [0.15, 0.2) is 5.78 Å². The maximum atomic E-state index is 12.3. The minimum atomic E-state index is -4.37. The zero-order valence-corrected chi connectivity index (χ0v) is 12.5. The van der Waals surface area contributed by atoms with Crippen molar-refractivity contribution in [1.82, 2.24) is 0 Å². The summed E-state index contributed by atoms with van der Waals surface area (Å²) in [5.41, 5.74) is -4.12. The van der Waals surface area contributed by atoms with Gasteiger partial charge in [-0.25, -0.2) is 0 Å². The van der Waals surface area contributed by atoms with Gasteiger partial charge in [-0.15, -0.1) is 0 Å². The number of rotatable bonds is 3. The van der Waals surface area contributed by atoms with Crippen LogP contribution in [0.1, 0.15) is 17.3 Å². The van der Waals surface area contributed by atoms with Gasteiger partial charge in [-0.1, -0.05) is 22.0 Å². The summed E-state index contributed by atoms with van der Waals surface area (Å²) in [4.78, 5) is 11.2. The Labute approximate surface area is 117 Å². The Morgan fingerprint density at radius 1 is 1.41 bits per heavy atom. The van der Waals surface area contributed by atoms with Gasteiger partial charge >= 0.3 is 5.51 Å². The maximum absolute atomic E-state index is 12.3. The highest BCUT2D eigenvalue weighted by Gasteiger charge is 2.30. The number of benzene rings is 1. The summed E-state index contributed by atoms with van der Waals surface area (Å²) in [5, 5.41) is 0. The molecule has 94 valence electrons. The molecule has 0 aliphatic heterocycles. The molecule has 0 spiro atoms. The van der Waals surface area contributed by atoms with Gasteiger partial charge in [0.1, 0.15) is 0 Å². The Hall–Kier alpha value is -0.0100. The van der Waals surface area contributed by atoms with E-state index in [1.165, 1.54) is 18.2 Å². The van der Waals surface area contributed by atoms with E-state index >= 15 is 0 Å². The SMILES string of the molecule is CC(Br)C(=O)c1ccc(Br)c(SC(F)(F)F)c1. The number of Topliss-reactive ketones (excluding diaryl/α,β-unsaturated/α-hetero) is 1. The van der Waals surface area contributed by atoms with Crippen molar-refractivity contribution < 1.29 is 18.0 Å². The summed E-state index contributed by atoms with van der Waals surface area (Å²) in [7, 11) is 0. The van der Waals surface area contributed by atoms with Gasteiger partial charge in [0.25, 0.3) is 0 Å². The Bertz CT molecular complexity index is 432. The zero-order chi connectivity index (χ0) is 13.2. The Morgan fingerprint density at radius 2 is 2.00 bits per heavy atom. The Kier molecular flexibility index (Phi) is 5.09. The lowest BCUT2D eigenvalue weighted by atomic mass is 10.1. The second-order valence-electron chi connectivity index (χ2n) is 3.17. The number of carbonyl (C=O) groups is 1. The number of thioether (sulfide) groups is 1. The van der Waals surface area contributed by atoms with Crippen molar-refractivity contribution in [2.45, 2.75) is 22.2 Å². The van der Waals surface area contributed by atoms with Crippen LogP contribution in [0.25, 0.3) is 0 Å². The van der Waals surface area contributed by atoms with Crippen LogP contribution in [0.3, 0.4) is 0 Å². The third kappa shape index (κ3) is 4.63. The van der Waals surface area contributed by atoms with Gasteiger partial charge in [0, 0.05) is 14.9 Å². The molecular formula is C10H7Br2F3OS. The van der Waals surface area contributed by atoms with E-state index in [0.717, 1.165) is 0 Å². The van der Waals surface area contributed by atoms with Crippen LogP contribution in [-0.4, -0.2) is 16.1 Å². The number of hydrogen-bond donors (Lipinski definition) is 0. The molecule has 17 heavy (non-hydrogen) atoms. The van der Waals surface area contributed by atoms with Crippen molar-refractivity contribution >= 4 is 49.4 Å². The third-order valence-electron chi connectivity index (χ3n) is 1.80. The van der Waals surface area contributed by atoms with Crippen molar-refractivity contribution in [2.24, 2.45) is 0 Å². The molecule has 1 rings (SSSR count). The Morgan fingerprint density at radius 3 is 2.47 bits per heavy atom. The Balaban J connectivity index is 3.07. The highest BCUT2D eigenvalue weighted by molar-refractivity contribution is 9.10. The van der Waals surface area contributed by atoms with E-state index in [-0.39, 0.29) is 28.0 Å². The average Bonchev–Trinajstić information content (AvgIpc) is 2.18. The summed E-state index contributed by atoms with van der Waals surface area (Å²) in [5.74, 6) is -0.249. The summed E-state index contributed by atoms with van der Waals surface area (Å²) >= 11 is 5.87. The van der Waals surface area contributed by atoms with E-state index in [0.29, 0.717) is 4.47 Å². The monoisotopic (exact) mass is 390 g/mol. The van der Waals surface area contributed by atoms with Gasteiger partial charge in [0.2, 0.25) is 0 Å². The van der Waals surface area contributed by atoms with Crippen LogP contribution >= 0.6 is 43.6 Å². The van der Waals surface area contributed by atoms with E-state index in [1.807, 2.05) is 0 Å². The number of alkyl halides is 4. The lowest BCUT2D eigenvalue weighted by Crippen LogP contribution is -2.10. The number of hydrogen-bond acceptors (Lipinski definition) is 2. The van der Waals surface area contributed by atoms with Crippen molar-refractivity contribution in [3.63, 3.8) is 0 Å². The topological polar surface area (TPSA) is 17.1 Å². The van der Waals surface area contributed by atoms with Crippen LogP contribution in [0, 0.1) is 0 Å². The largest absolute Gasteiger partial charge is 0.446 e. The summed E-state index contributed by atoms with van der Waals surface area (Å²) in [6.07, 6.45) is 0. The smallest absolute Gasteiger partial charge is 0.293 e. The fourth-order valence-corrected chi connectivity index (χ4v) is 2.44. The molecule has 0 aliphatic carbocycles. The molecule has 0 aliphatic rings. The molecule has 0 N–H and O–H groups in total. The van der Waals surface area contributed by atoms with E-state index in [4.69, 9.17) is 0 Å². The quantitative estimate of drug-likeness (QED) is 0.408. The van der Waals surface area contributed by atoms with Crippen molar-refractivity contribution in [2.75, 3.05) is 0 Å². The summed E-state index contributed by atoms with van der Waals surface area (Å²) in [6, 6.07) is 4.17. The standard InChI is InChI=1S/C10H7Br2F3OS/c1-5(11)9(16)6-2-3-7(12)8(4-6)17-10(13,14)15/h2-5H,1H3. The van der Waals surface area contributed by atoms with E-state index in [1.54, 1.807) is 6.92 Å². The first-order valence-electron chi connectivity index (χ1n) is 4.44. The molecule has 1 aromatic rings. The highest BCUT2D eigenvalue weighted by Crippen LogP contribution is 2.40. The molecule has 0 saturated heterocycles. The normalized spacial score (nSPS) is 13.5. The number of ketones is 1. The van der Waals surface area contributed by atoms with Crippen LogP contribution in [0.15, 0.2) is 27.6 Å². The predicted molar refractivity (Wildman–Crippen MR) is 68.8 cm³/mol. The van der Waals surface area contributed by atoms with Crippen LogP contribution < -0.4 is 0 Å². The first-order valence-corrected chi connectivity index (χ1v) is 6.97. The van der Waals surface area contributed by atoms with E-state index in [9.17, 15) is 18.0 Å². The fraction of sp³-hybridized carbons (Fsp3) is 0.300. The molecule has 0 amide bonds. The number of carbonyl (C=O) groups excluding carboxylic acids is 1. The van der Waals surface area contributed by atoms with Gasteiger partial charge in [-0.3, -0.25) is 4.79 Å². The molecule has 1 aromatic carbocycles. The summed E-state index contributed by atoms with van der Waals surface area (Å²) in [6.45, 7) is 1.63. The van der Waals surface area contributed by atoms with Crippen LogP contribution in [0.4, 0.5) is 13.2 Å². The molecule has 1 unspecified atom stereocenters. The molecule has 1 nitrogen and oxygen atoms in total. The second-order valence-corrected chi connectivity index (χ2v) is 6.51. The molecule has 0 aromatic heterocycles. The molecular weight excluding hydrogens is 385 g/mol. The highest BCUT2D eigenvalue weighted by atomic mass is 79.9. The van der Waals surface area contributed by atoms with Crippen molar-refractivity contribution in [3.05, 3.63) is 28.2 Å². The maximum Gasteiger partial charge on any atom is 0.446 e. The zero-order valence-electron chi connectivity index (χ0n) is 8.52. The molecule has 7 heteroatoms. The van der Waals surface area contributed by atoms with Gasteiger partial charge in [-0.2, -0.15) is 13.2 Å². The second kappa shape index (κ2) is 5.75. The molecule has 0 radical (unpaired) electrons. The van der Waals surface area contributed by atoms with Gasteiger partial charge in [0.05, 0.1) is 4.83 Å². The molecule has 0 bridgehead atoms. The van der Waals surface area contributed by atoms with E-state index in [2.05, 4.69) is 31.9 Å². The van der Waals surface area contributed by atoms with Crippen LogP contribution in [-0.2, 0) is 0 Å². The third-order valence-corrected chi connectivity index (χ3v) is 3.96. The summed E-state index contributed by atoms with van der Waals surface area (Å²) < 4.78 is 37.1. The lowest BCUT2D eigenvalue weighted by Gasteiger charge is -2.10. The molecule has 0 fully saturated rings. The lowest BCUT2D eigenvalue weighted by molar-refractivity contribution is -0.0328. The minimum absolute atomic E-state index is 0.0171. The van der Waals surface area contributed by atoms with Crippen LogP contribution in [0.5, 0.6) is 0 Å². The first-order chi connectivity index (χ1) is 7.70. The van der Waals surface area contributed by atoms with Gasteiger partial charge in [-0.05, 0) is 46.7 Å². The van der Waals surface area contributed by atoms with Crippen molar-refractivity contribution in [1.29, 1.82) is 0 Å². The minimum Gasteiger partial charge on any atom is -0.293 e. The van der Waals surface area contributed by atoms with Gasteiger partial charge < -0.3 is 0 Å². The van der Waals surface area contributed by atoms with Crippen molar-refractivity contribution in [3.8, 4) is 0 Å². The first kappa shape index (κ1) is 15.0. The average molecular weight is 392 g/mol. The van der Waals surface area contributed by atoms with Crippen LogP contribution in [0.2, 0.25) is 0 Å². The molecule has 1 atom stereocenters. The number of halogens is 5. The predicted octanol–water partition coefficient (Wildman–Crippen LogP) is 5.03. The van der Waals surface area contributed by atoms with E-state index < -0.39 is 10.3 Å². The molecule has 0 saturated carbocycles. The fourth-order valence-electron chi connectivity index (χ4n) is 1.09.